The maximum absolute atomic E-state index is 12.5. The van der Waals surface area contributed by atoms with Gasteiger partial charge >= 0.3 is 6.03 Å². The molecule has 0 spiro atoms. The van der Waals surface area contributed by atoms with Crippen LogP contribution in [0.5, 0.6) is 0 Å². The predicted octanol–water partition coefficient (Wildman–Crippen LogP) is 3.61. The Bertz CT molecular complexity index is 673. The number of benzene rings is 1. The van der Waals surface area contributed by atoms with Crippen molar-refractivity contribution in [2.45, 2.75) is 45.6 Å². The Hall–Kier alpha value is -2.30. The lowest BCUT2D eigenvalue weighted by molar-refractivity contribution is 0.101. The summed E-state index contributed by atoms with van der Waals surface area (Å²) in [6.07, 6.45) is 7.02. The van der Waals surface area contributed by atoms with Crippen LogP contribution in [-0.2, 0) is 0 Å². The standard InChI is InChI=1S/C21H29N3O2/c1-16(18-6-4-3-5-7-18)22-21(26)24-14-12-23(13-15-24)20-10-8-19(9-11-20)17(2)25/h6,8-11,16H,3-5,7,12-15H2,1-2H3,(H,22,26). The number of hydrogen-bond donors (Lipinski definition) is 1. The molecule has 0 bridgehead atoms. The van der Waals surface area contributed by atoms with Crippen molar-refractivity contribution in [3.63, 3.8) is 0 Å². The Labute approximate surface area is 156 Å². The fourth-order valence-electron chi connectivity index (χ4n) is 3.70. The van der Waals surface area contributed by atoms with Crippen LogP contribution in [-0.4, -0.2) is 48.9 Å². The van der Waals surface area contributed by atoms with Gasteiger partial charge in [-0.25, -0.2) is 4.79 Å². The van der Waals surface area contributed by atoms with Gasteiger partial charge in [-0.05, 0) is 63.8 Å². The topological polar surface area (TPSA) is 52.7 Å². The molecule has 1 aromatic carbocycles. The molecule has 1 heterocycles. The molecule has 2 amide bonds. The molecular weight excluding hydrogens is 326 g/mol. The molecule has 0 saturated carbocycles. The van der Waals surface area contributed by atoms with E-state index in [0.717, 1.165) is 37.2 Å². The summed E-state index contributed by atoms with van der Waals surface area (Å²) in [6.45, 7) is 6.71. The van der Waals surface area contributed by atoms with Gasteiger partial charge in [-0.1, -0.05) is 11.6 Å². The quantitative estimate of drug-likeness (QED) is 0.663. The second-order valence-corrected chi connectivity index (χ2v) is 7.27. The van der Waals surface area contributed by atoms with E-state index < -0.39 is 0 Å². The maximum atomic E-state index is 12.5. The zero-order valence-corrected chi connectivity index (χ0v) is 15.8. The summed E-state index contributed by atoms with van der Waals surface area (Å²) in [5, 5.41) is 3.16. The van der Waals surface area contributed by atoms with Gasteiger partial charge in [-0.2, -0.15) is 0 Å². The summed E-state index contributed by atoms with van der Waals surface area (Å²) in [5.74, 6) is 0.0836. The molecular formula is C21H29N3O2. The van der Waals surface area contributed by atoms with Gasteiger partial charge in [0.15, 0.2) is 5.78 Å². The molecule has 5 heteroatoms. The molecule has 1 fully saturated rings. The molecule has 2 aliphatic rings. The summed E-state index contributed by atoms with van der Waals surface area (Å²) in [6, 6.07) is 7.89. The summed E-state index contributed by atoms with van der Waals surface area (Å²) >= 11 is 0. The number of allylic oxidation sites excluding steroid dienone is 1. The van der Waals surface area contributed by atoms with Crippen molar-refractivity contribution in [1.82, 2.24) is 10.2 Å². The predicted molar refractivity (Wildman–Crippen MR) is 105 cm³/mol. The molecule has 26 heavy (non-hydrogen) atoms. The second-order valence-electron chi connectivity index (χ2n) is 7.27. The van der Waals surface area contributed by atoms with E-state index >= 15 is 0 Å². The first-order valence-electron chi connectivity index (χ1n) is 9.65. The number of carbonyl (C=O) groups is 2. The van der Waals surface area contributed by atoms with E-state index in [1.54, 1.807) is 6.92 Å². The van der Waals surface area contributed by atoms with E-state index in [-0.39, 0.29) is 17.9 Å². The van der Waals surface area contributed by atoms with Crippen LogP contribution in [0.25, 0.3) is 0 Å². The summed E-state index contributed by atoms with van der Waals surface area (Å²) in [7, 11) is 0. The van der Waals surface area contributed by atoms with Crippen LogP contribution in [0, 0.1) is 0 Å². The van der Waals surface area contributed by atoms with Crippen molar-refractivity contribution >= 4 is 17.5 Å². The number of hydrogen-bond acceptors (Lipinski definition) is 3. The Balaban J connectivity index is 1.50. The van der Waals surface area contributed by atoms with Crippen molar-refractivity contribution in [2.24, 2.45) is 0 Å². The molecule has 1 atom stereocenters. The molecule has 1 aromatic rings. The SMILES string of the molecule is CC(=O)c1ccc(N2CCN(C(=O)NC(C)C3=CCCCC3)CC2)cc1. The maximum Gasteiger partial charge on any atom is 0.317 e. The average Bonchev–Trinajstić information content (AvgIpc) is 2.69. The van der Waals surface area contributed by atoms with Crippen molar-refractivity contribution < 1.29 is 9.59 Å². The van der Waals surface area contributed by atoms with Crippen molar-refractivity contribution in [3.05, 3.63) is 41.5 Å². The third-order valence-electron chi connectivity index (χ3n) is 5.43. The van der Waals surface area contributed by atoms with Crippen LogP contribution in [0.1, 0.15) is 49.9 Å². The highest BCUT2D eigenvalue weighted by molar-refractivity contribution is 5.94. The Morgan fingerprint density at radius 1 is 1.04 bits per heavy atom. The van der Waals surface area contributed by atoms with Crippen LogP contribution < -0.4 is 10.2 Å². The highest BCUT2D eigenvalue weighted by atomic mass is 16.2. The lowest BCUT2D eigenvalue weighted by Gasteiger charge is -2.36. The first-order chi connectivity index (χ1) is 12.5. The number of nitrogens with zero attached hydrogens (tertiary/aromatic N) is 2. The van der Waals surface area contributed by atoms with E-state index in [2.05, 4.69) is 23.2 Å². The van der Waals surface area contributed by atoms with Gasteiger partial charge in [0.25, 0.3) is 0 Å². The number of ketones is 1. The minimum atomic E-state index is 0.0375. The summed E-state index contributed by atoms with van der Waals surface area (Å²) < 4.78 is 0. The van der Waals surface area contributed by atoms with Gasteiger partial charge < -0.3 is 15.1 Å². The van der Waals surface area contributed by atoms with Gasteiger partial charge in [0.05, 0.1) is 0 Å². The highest BCUT2D eigenvalue weighted by Crippen LogP contribution is 2.21. The van der Waals surface area contributed by atoms with E-state index in [1.165, 1.54) is 18.4 Å². The Morgan fingerprint density at radius 2 is 1.73 bits per heavy atom. The third-order valence-corrected chi connectivity index (χ3v) is 5.43. The third kappa shape index (κ3) is 4.45. The summed E-state index contributed by atoms with van der Waals surface area (Å²) in [5.41, 5.74) is 3.21. The fraction of sp³-hybridized carbons (Fsp3) is 0.524. The number of amides is 2. The van der Waals surface area contributed by atoms with E-state index in [9.17, 15) is 9.59 Å². The molecule has 1 aliphatic carbocycles. The molecule has 1 N–H and O–H groups in total. The van der Waals surface area contributed by atoms with Crippen molar-refractivity contribution in [3.8, 4) is 0 Å². The number of carbonyl (C=O) groups excluding carboxylic acids is 2. The van der Waals surface area contributed by atoms with Gasteiger partial charge in [-0.15, -0.1) is 0 Å². The minimum Gasteiger partial charge on any atom is -0.368 e. The molecule has 1 saturated heterocycles. The number of piperazine rings is 1. The Morgan fingerprint density at radius 3 is 2.31 bits per heavy atom. The Kier molecular flexibility index (Phi) is 5.96. The number of Topliss-reactive ketones (excluding diaryl/α,β-unsaturated/α-hetero) is 1. The van der Waals surface area contributed by atoms with Crippen LogP contribution in [0.3, 0.4) is 0 Å². The zero-order chi connectivity index (χ0) is 18.5. The van der Waals surface area contributed by atoms with Gasteiger partial charge in [0, 0.05) is 43.5 Å². The minimum absolute atomic E-state index is 0.0375. The largest absolute Gasteiger partial charge is 0.368 e. The zero-order valence-electron chi connectivity index (χ0n) is 15.8. The second kappa shape index (κ2) is 8.39. The van der Waals surface area contributed by atoms with Crippen LogP contribution in [0.15, 0.2) is 35.9 Å². The number of rotatable bonds is 4. The lowest BCUT2D eigenvalue weighted by Crippen LogP contribution is -2.53. The van der Waals surface area contributed by atoms with Gasteiger partial charge in [0.1, 0.15) is 0 Å². The van der Waals surface area contributed by atoms with Crippen molar-refractivity contribution in [1.29, 1.82) is 0 Å². The van der Waals surface area contributed by atoms with Crippen LogP contribution in [0.4, 0.5) is 10.5 Å². The first kappa shape index (κ1) is 18.5. The van der Waals surface area contributed by atoms with E-state index in [0.29, 0.717) is 13.1 Å². The molecule has 3 rings (SSSR count). The molecule has 1 aliphatic heterocycles. The molecule has 140 valence electrons. The fourth-order valence-corrected chi connectivity index (χ4v) is 3.70. The summed E-state index contributed by atoms with van der Waals surface area (Å²) in [4.78, 5) is 28.1. The number of nitrogens with one attached hydrogen (secondary N) is 1. The highest BCUT2D eigenvalue weighted by Gasteiger charge is 2.23. The van der Waals surface area contributed by atoms with Gasteiger partial charge in [-0.3, -0.25) is 4.79 Å². The van der Waals surface area contributed by atoms with Crippen LogP contribution in [0.2, 0.25) is 0 Å². The van der Waals surface area contributed by atoms with E-state index in [1.807, 2.05) is 29.2 Å². The average molecular weight is 355 g/mol. The molecule has 0 radical (unpaired) electrons. The lowest BCUT2D eigenvalue weighted by atomic mass is 9.95. The molecule has 1 unspecified atom stereocenters. The van der Waals surface area contributed by atoms with E-state index in [4.69, 9.17) is 0 Å². The number of anilines is 1. The molecule has 0 aromatic heterocycles. The molecule has 5 nitrogen and oxygen atoms in total. The first-order valence-corrected chi connectivity index (χ1v) is 9.65. The van der Waals surface area contributed by atoms with Crippen molar-refractivity contribution in [2.75, 3.05) is 31.1 Å². The van der Waals surface area contributed by atoms with Gasteiger partial charge in [0.2, 0.25) is 0 Å². The monoisotopic (exact) mass is 355 g/mol. The van der Waals surface area contributed by atoms with Crippen LogP contribution >= 0.6 is 0 Å². The smallest absolute Gasteiger partial charge is 0.317 e. The number of urea groups is 1. The normalized spacial score (nSPS) is 18.9.